The van der Waals surface area contributed by atoms with Crippen LogP contribution in [-0.2, 0) is 10.0 Å². The number of aryl methyl sites for hydroxylation is 1. The molecule has 2 aromatic carbocycles. The summed E-state index contributed by atoms with van der Waals surface area (Å²) in [7, 11) is -3.55. The summed E-state index contributed by atoms with van der Waals surface area (Å²) in [4.78, 5) is 1.37. The van der Waals surface area contributed by atoms with E-state index in [4.69, 9.17) is 11.6 Å². The van der Waals surface area contributed by atoms with Crippen LogP contribution in [0.15, 0.2) is 58.3 Å². The molecule has 2 atom stereocenters. The maximum Gasteiger partial charge on any atom is 0.240 e. The lowest BCUT2D eigenvalue weighted by atomic mass is 10.0. The van der Waals surface area contributed by atoms with Gasteiger partial charge >= 0.3 is 0 Å². The van der Waals surface area contributed by atoms with Gasteiger partial charge in [-0.25, -0.2) is 13.1 Å². The fourth-order valence-corrected chi connectivity index (χ4v) is 5.47. The second kappa shape index (κ2) is 8.58. The molecule has 0 spiro atoms. The summed E-state index contributed by atoms with van der Waals surface area (Å²) in [6.45, 7) is 8.04. The third-order valence-electron chi connectivity index (χ3n) is 3.98. The summed E-state index contributed by atoms with van der Waals surface area (Å²) in [5.74, 6) is 0.162. The molecule has 0 aromatic heterocycles. The van der Waals surface area contributed by atoms with Crippen LogP contribution in [0.25, 0.3) is 0 Å². The Hall–Kier alpha value is -1.01. The zero-order valence-electron chi connectivity index (χ0n) is 14.9. The van der Waals surface area contributed by atoms with E-state index in [-0.39, 0.29) is 17.2 Å². The van der Waals surface area contributed by atoms with Crippen molar-refractivity contribution in [2.24, 2.45) is 5.92 Å². The van der Waals surface area contributed by atoms with E-state index >= 15 is 0 Å². The Kier molecular flexibility index (Phi) is 6.97. The average molecular weight is 398 g/mol. The zero-order chi connectivity index (χ0) is 18.6. The Balaban J connectivity index is 2.16. The molecule has 0 radical (unpaired) electrons. The van der Waals surface area contributed by atoms with E-state index in [2.05, 4.69) is 4.72 Å². The SMILES string of the molecule is Cc1ccc(S(=O)(=O)N[C@H](C(C)C)[C@H](C)Sc2ccc(Cl)cc2)cc1. The first-order valence-corrected chi connectivity index (χ1v) is 10.9. The highest BCUT2D eigenvalue weighted by Gasteiger charge is 2.27. The van der Waals surface area contributed by atoms with Gasteiger partial charge in [0.2, 0.25) is 10.0 Å². The molecule has 0 aliphatic rings. The Labute approximate surface area is 160 Å². The number of halogens is 1. The highest BCUT2D eigenvalue weighted by molar-refractivity contribution is 8.00. The first kappa shape index (κ1) is 20.3. The minimum absolute atomic E-state index is 0.0707. The van der Waals surface area contributed by atoms with Crippen LogP contribution in [0.2, 0.25) is 5.02 Å². The van der Waals surface area contributed by atoms with Gasteiger partial charge in [-0.3, -0.25) is 0 Å². The smallest absolute Gasteiger partial charge is 0.207 e. The van der Waals surface area contributed by atoms with Crippen molar-refractivity contribution in [1.29, 1.82) is 0 Å². The van der Waals surface area contributed by atoms with E-state index in [1.165, 1.54) is 0 Å². The predicted octanol–water partition coefficient (Wildman–Crippen LogP) is 5.13. The molecule has 25 heavy (non-hydrogen) atoms. The molecule has 0 fully saturated rings. The summed E-state index contributed by atoms with van der Waals surface area (Å²) < 4.78 is 28.3. The van der Waals surface area contributed by atoms with Crippen molar-refractivity contribution in [3.63, 3.8) is 0 Å². The van der Waals surface area contributed by atoms with Crippen LogP contribution in [0.4, 0.5) is 0 Å². The van der Waals surface area contributed by atoms with Crippen molar-refractivity contribution in [3.8, 4) is 0 Å². The van der Waals surface area contributed by atoms with Crippen LogP contribution in [0, 0.1) is 12.8 Å². The number of hydrogen-bond donors (Lipinski definition) is 1. The highest BCUT2D eigenvalue weighted by atomic mass is 35.5. The lowest BCUT2D eigenvalue weighted by Gasteiger charge is -2.28. The Morgan fingerprint density at radius 2 is 1.52 bits per heavy atom. The maximum absolute atomic E-state index is 12.7. The van der Waals surface area contributed by atoms with Crippen LogP contribution in [-0.4, -0.2) is 19.7 Å². The van der Waals surface area contributed by atoms with Gasteiger partial charge in [-0.15, -0.1) is 11.8 Å². The van der Waals surface area contributed by atoms with Crippen LogP contribution in [0.5, 0.6) is 0 Å². The summed E-state index contributed by atoms with van der Waals surface area (Å²) >= 11 is 7.57. The molecule has 0 aliphatic heterocycles. The first-order chi connectivity index (χ1) is 11.7. The standard InChI is InChI=1S/C19H24ClNO2S2/c1-13(2)19(15(4)24-17-9-7-16(20)8-10-17)21-25(22,23)18-11-5-14(3)6-12-18/h5-13,15,19,21H,1-4H3/t15-,19+/m0/s1. The van der Waals surface area contributed by atoms with Gasteiger partial charge in [-0.2, -0.15) is 0 Å². The number of benzene rings is 2. The lowest BCUT2D eigenvalue weighted by molar-refractivity contribution is 0.445. The van der Waals surface area contributed by atoms with E-state index in [9.17, 15) is 8.42 Å². The van der Waals surface area contributed by atoms with Gasteiger partial charge in [0.05, 0.1) is 4.90 Å². The third kappa shape index (κ3) is 5.74. The van der Waals surface area contributed by atoms with Crippen molar-refractivity contribution in [1.82, 2.24) is 4.72 Å². The van der Waals surface area contributed by atoms with E-state index < -0.39 is 10.0 Å². The molecular weight excluding hydrogens is 374 g/mol. The van der Waals surface area contributed by atoms with Gasteiger partial charge in [0.1, 0.15) is 0 Å². The van der Waals surface area contributed by atoms with Gasteiger partial charge in [-0.1, -0.05) is 50.1 Å². The molecule has 0 amide bonds. The van der Waals surface area contributed by atoms with Crippen molar-refractivity contribution < 1.29 is 8.42 Å². The zero-order valence-corrected chi connectivity index (χ0v) is 17.3. The Bertz CT molecular complexity index is 787. The molecular formula is C19H24ClNO2S2. The quantitative estimate of drug-likeness (QED) is 0.658. The van der Waals surface area contributed by atoms with Crippen molar-refractivity contribution in [2.45, 2.75) is 48.8 Å². The fourth-order valence-electron chi connectivity index (χ4n) is 2.54. The monoisotopic (exact) mass is 397 g/mol. The molecule has 2 aromatic rings. The lowest BCUT2D eigenvalue weighted by Crippen LogP contribution is -2.44. The van der Waals surface area contributed by atoms with Gasteiger partial charge in [0.25, 0.3) is 0 Å². The summed E-state index contributed by atoms with van der Waals surface area (Å²) in [6, 6.07) is 14.3. The van der Waals surface area contributed by atoms with Gasteiger partial charge < -0.3 is 0 Å². The van der Waals surface area contributed by atoms with Crippen LogP contribution in [0.3, 0.4) is 0 Å². The van der Waals surface area contributed by atoms with Crippen molar-refractivity contribution >= 4 is 33.4 Å². The van der Waals surface area contributed by atoms with E-state index in [0.717, 1.165) is 10.5 Å². The van der Waals surface area contributed by atoms with E-state index in [0.29, 0.717) is 9.92 Å². The summed E-state index contributed by atoms with van der Waals surface area (Å²) in [5.41, 5.74) is 1.03. The Morgan fingerprint density at radius 3 is 2.04 bits per heavy atom. The predicted molar refractivity (Wildman–Crippen MR) is 107 cm³/mol. The minimum atomic E-state index is -3.55. The van der Waals surface area contributed by atoms with Gasteiger partial charge in [0.15, 0.2) is 0 Å². The van der Waals surface area contributed by atoms with Gasteiger partial charge in [-0.05, 0) is 49.2 Å². The average Bonchev–Trinajstić information content (AvgIpc) is 2.55. The van der Waals surface area contributed by atoms with Crippen LogP contribution < -0.4 is 4.72 Å². The minimum Gasteiger partial charge on any atom is -0.207 e. The van der Waals surface area contributed by atoms with Crippen molar-refractivity contribution in [3.05, 3.63) is 59.1 Å². The highest BCUT2D eigenvalue weighted by Crippen LogP contribution is 2.29. The molecule has 0 unspecified atom stereocenters. The molecule has 0 saturated carbocycles. The van der Waals surface area contributed by atoms with Crippen molar-refractivity contribution in [2.75, 3.05) is 0 Å². The van der Waals surface area contributed by atoms with Gasteiger partial charge in [0, 0.05) is 21.2 Å². The number of rotatable bonds is 7. The molecule has 0 bridgehead atoms. The molecule has 136 valence electrons. The number of thioether (sulfide) groups is 1. The fraction of sp³-hybridized carbons (Fsp3) is 0.368. The van der Waals surface area contributed by atoms with Crippen LogP contribution in [0.1, 0.15) is 26.3 Å². The van der Waals surface area contributed by atoms with E-state index in [1.54, 1.807) is 23.9 Å². The number of hydrogen-bond acceptors (Lipinski definition) is 3. The molecule has 0 heterocycles. The maximum atomic E-state index is 12.7. The molecule has 3 nitrogen and oxygen atoms in total. The topological polar surface area (TPSA) is 46.2 Å². The Morgan fingerprint density at radius 1 is 0.960 bits per heavy atom. The summed E-state index contributed by atoms with van der Waals surface area (Å²) in [5, 5.41) is 0.763. The molecule has 1 N–H and O–H groups in total. The van der Waals surface area contributed by atoms with E-state index in [1.807, 2.05) is 64.1 Å². The molecule has 6 heteroatoms. The van der Waals surface area contributed by atoms with Crippen LogP contribution >= 0.6 is 23.4 Å². The third-order valence-corrected chi connectivity index (χ3v) is 6.92. The number of sulfonamides is 1. The summed E-state index contributed by atoms with van der Waals surface area (Å²) in [6.07, 6.45) is 0. The second-order valence-electron chi connectivity index (χ2n) is 6.48. The number of nitrogens with one attached hydrogen (secondary N) is 1. The first-order valence-electron chi connectivity index (χ1n) is 8.20. The normalized spacial score (nSPS) is 14.5. The molecule has 2 rings (SSSR count). The second-order valence-corrected chi connectivity index (χ2v) is 10.1. The molecule has 0 aliphatic carbocycles. The molecule has 0 saturated heterocycles. The largest absolute Gasteiger partial charge is 0.240 e.